The first kappa shape index (κ1) is 17.9. The van der Waals surface area contributed by atoms with E-state index in [1.165, 1.54) is 28.6 Å². The highest BCUT2D eigenvalue weighted by atomic mass is 32.1. The first-order chi connectivity index (χ1) is 13.2. The molecule has 1 unspecified atom stereocenters. The van der Waals surface area contributed by atoms with Crippen LogP contribution < -0.4 is 10.9 Å². The Morgan fingerprint density at radius 1 is 1.19 bits per heavy atom. The second-order valence-electron chi connectivity index (χ2n) is 6.77. The van der Waals surface area contributed by atoms with Crippen molar-refractivity contribution in [2.24, 2.45) is 0 Å². The molecule has 1 N–H and O–H groups in total. The van der Waals surface area contributed by atoms with Gasteiger partial charge in [0, 0.05) is 11.4 Å². The van der Waals surface area contributed by atoms with Crippen molar-refractivity contribution in [1.82, 2.24) is 19.8 Å². The van der Waals surface area contributed by atoms with E-state index in [1.54, 1.807) is 29.5 Å². The molecule has 0 aliphatic carbocycles. The number of carbonyl (C=O) groups excluding carboxylic acids is 1. The molecule has 1 fully saturated rings. The normalized spacial score (nSPS) is 15.9. The van der Waals surface area contributed by atoms with Crippen LogP contribution in [0.2, 0.25) is 0 Å². The molecule has 0 bridgehead atoms. The summed E-state index contributed by atoms with van der Waals surface area (Å²) < 4.78 is 1.37. The van der Waals surface area contributed by atoms with E-state index in [9.17, 15) is 9.59 Å². The lowest BCUT2D eigenvalue weighted by Gasteiger charge is -2.27. The fourth-order valence-corrected chi connectivity index (χ4v) is 4.44. The number of nitrogens with one attached hydrogen (secondary N) is 1. The summed E-state index contributed by atoms with van der Waals surface area (Å²) in [7, 11) is 0. The number of carbonyl (C=O) groups is 1. The predicted molar refractivity (Wildman–Crippen MR) is 107 cm³/mol. The van der Waals surface area contributed by atoms with Gasteiger partial charge in [0.2, 0.25) is 5.91 Å². The van der Waals surface area contributed by atoms with Crippen LogP contribution in [0.25, 0.3) is 10.9 Å². The van der Waals surface area contributed by atoms with E-state index >= 15 is 0 Å². The Hall–Kier alpha value is -2.51. The molecule has 0 saturated carbocycles. The minimum absolute atomic E-state index is 0.0200. The fraction of sp³-hybridized carbons (Fsp3) is 0.350. The largest absolute Gasteiger partial charge is 0.353 e. The summed E-state index contributed by atoms with van der Waals surface area (Å²) in [5, 5.41) is 5.61. The molecule has 140 valence electrons. The lowest BCUT2D eigenvalue weighted by molar-refractivity contribution is -0.122. The van der Waals surface area contributed by atoms with E-state index < -0.39 is 0 Å². The van der Waals surface area contributed by atoms with Crippen LogP contribution in [-0.4, -0.2) is 40.0 Å². The Morgan fingerprint density at radius 3 is 2.78 bits per heavy atom. The monoisotopic (exact) mass is 382 g/mol. The van der Waals surface area contributed by atoms with E-state index in [2.05, 4.69) is 26.6 Å². The highest BCUT2D eigenvalue weighted by Gasteiger charge is 2.24. The van der Waals surface area contributed by atoms with E-state index in [-0.39, 0.29) is 24.1 Å². The Bertz CT molecular complexity index is 977. The van der Waals surface area contributed by atoms with Crippen LogP contribution in [-0.2, 0) is 11.3 Å². The third-order valence-electron chi connectivity index (χ3n) is 4.99. The summed E-state index contributed by atoms with van der Waals surface area (Å²) in [4.78, 5) is 33.0. The predicted octanol–water partition coefficient (Wildman–Crippen LogP) is 2.41. The summed E-state index contributed by atoms with van der Waals surface area (Å²) in [6, 6.07) is 11.5. The van der Waals surface area contributed by atoms with E-state index in [4.69, 9.17) is 0 Å². The molecule has 2 aromatic heterocycles. The van der Waals surface area contributed by atoms with Gasteiger partial charge in [-0.05, 0) is 49.5 Å². The molecule has 7 heteroatoms. The summed E-state index contributed by atoms with van der Waals surface area (Å²) in [5.74, 6) is -0.171. The molecule has 1 aromatic carbocycles. The average Bonchev–Trinajstić information content (AvgIpc) is 3.39. The van der Waals surface area contributed by atoms with E-state index in [0.29, 0.717) is 17.4 Å². The highest BCUT2D eigenvalue weighted by molar-refractivity contribution is 7.10. The number of likely N-dealkylation sites (tertiary alicyclic amines) is 1. The molecule has 1 atom stereocenters. The number of benzene rings is 1. The van der Waals surface area contributed by atoms with Gasteiger partial charge in [-0.3, -0.25) is 19.1 Å². The van der Waals surface area contributed by atoms with Crippen LogP contribution in [0, 0.1) is 0 Å². The lowest BCUT2D eigenvalue weighted by atomic mass is 10.2. The minimum atomic E-state index is -0.190. The number of aromatic nitrogens is 2. The molecule has 1 aliphatic rings. The minimum Gasteiger partial charge on any atom is -0.353 e. The topological polar surface area (TPSA) is 67.2 Å². The number of para-hydroxylation sites is 1. The van der Waals surface area contributed by atoms with Crippen LogP contribution in [0.3, 0.4) is 0 Å². The SMILES string of the molecule is O=C(Cn1cnc2ccccc2c1=O)NCC(c1cccs1)N1CCCC1. The van der Waals surface area contributed by atoms with E-state index in [0.717, 1.165) is 13.1 Å². The standard InChI is InChI=1S/C20H22N4O2S/c25-19(13-24-14-22-16-7-2-1-6-15(16)20(24)26)21-12-17(18-8-5-11-27-18)23-9-3-4-10-23/h1-2,5-8,11,14,17H,3-4,9-10,12-13H2,(H,21,25). The van der Waals surface area contributed by atoms with Gasteiger partial charge in [0.05, 0.1) is 23.3 Å². The second-order valence-corrected chi connectivity index (χ2v) is 7.75. The van der Waals surface area contributed by atoms with Crippen molar-refractivity contribution < 1.29 is 4.79 Å². The number of amides is 1. The van der Waals surface area contributed by atoms with Gasteiger partial charge in [-0.2, -0.15) is 0 Å². The number of hydrogen-bond acceptors (Lipinski definition) is 5. The second kappa shape index (κ2) is 8.02. The number of hydrogen-bond donors (Lipinski definition) is 1. The van der Waals surface area contributed by atoms with Gasteiger partial charge in [0.1, 0.15) is 6.54 Å². The van der Waals surface area contributed by atoms with Gasteiger partial charge in [-0.15, -0.1) is 11.3 Å². The van der Waals surface area contributed by atoms with Crippen molar-refractivity contribution in [2.45, 2.75) is 25.4 Å². The molecular weight excluding hydrogens is 360 g/mol. The maximum atomic E-state index is 12.5. The molecular formula is C20H22N4O2S. The van der Waals surface area contributed by atoms with Gasteiger partial charge in [-0.25, -0.2) is 4.98 Å². The third-order valence-corrected chi connectivity index (χ3v) is 5.96. The number of fused-ring (bicyclic) bond motifs is 1. The Kier molecular flexibility index (Phi) is 5.31. The molecule has 0 radical (unpaired) electrons. The highest BCUT2D eigenvalue weighted by Crippen LogP contribution is 2.27. The van der Waals surface area contributed by atoms with Gasteiger partial charge < -0.3 is 5.32 Å². The lowest BCUT2D eigenvalue weighted by Crippen LogP contribution is -2.39. The average molecular weight is 382 g/mol. The summed E-state index contributed by atoms with van der Waals surface area (Å²) in [5.41, 5.74) is 0.455. The summed E-state index contributed by atoms with van der Waals surface area (Å²) in [6.45, 7) is 2.65. The summed E-state index contributed by atoms with van der Waals surface area (Å²) in [6.07, 6.45) is 3.85. The van der Waals surface area contributed by atoms with Gasteiger partial charge >= 0.3 is 0 Å². The van der Waals surface area contributed by atoms with E-state index in [1.807, 2.05) is 12.1 Å². The van der Waals surface area contributed by atoms with Crippen molar-refractivity contribution >= 4 is 28.1 Å². The Labute approximate surface area is 161 Å². The zero-order valence-electron chi connectivity index (χ0n) is 15.0. The smallest absolute Gasteiger partial charge is 0.261 e. The quantitative estimate of drug-likeness (QED) is 0.711. The van der Waals surface area contributed by atoms with Gasteiger partial charge in [0.25, 0.3) is 5.56 Å². The van der Waals surface area contributed by atoms with Crippen molar-refractivity contribution in [1.29, 1.82) is 0 Å². The molecule has 0 spiro atoms. The molecule has 27 heavy (non-hydrogen) atoms. The molecule has 1 saturated heterocycles. The van der Waals surface area contributed by atoms with Crippen LogP contribution in [0.4, 0.5) is 0 Å². The summed E-state index contributed by atoms with van der Waals surface area (Å²) >= 11 is 1.72. The number of rotatable bonds is 6. The van der Waals surface area contributed by atoms with Crippen LogP contribution >= 0.6 is 11.3 Å². The number of nitrogens with zero attached hydrogens (tertiary/aromatic N) is 3. The third kappa shape index (κ3) is 3.94. The van der Waals surface area contributed by atoms with Gasteiger partial charge in [0.15, 0.2) is 0 Å². The molecule has 3 aromatic rings. The van der Waals surface area contributed by atoms with Gasteiger partial charge in [-0.1, -0.05) is 18.2 Å². The first-order valence-electron chi connectivity index (χ1n) is 9.21. The molecule has 1 aliphatic heterocycles. The van der Waals surface area contributed by atoms with Crippen molar-refractivity contribution in [2.75, 3.05) is 19.6 Å². The van der Waals surface area contributed by atoms with Crippen LogP contribution in [0.1, 0.15) is 23.8 Å². The van der Waals surface area contributed by atoms with Crippen molar-refractivity contribution in [3.8, 4) is 0 Å². The van der Waals surface area contributed by atoms with Crippen molar-refractivity contribution in [3.63, 3.8) is 0 Å². The Morgan fingerprint density at radius 2 is 2.00 bits per heavy atom. The molecule has 3 heterocycles. The van der Waals surface area contributed by atoms with Crippen LogP contribution in [0.15, 0.2) is 52.9 Å². The fourth-order valence-electron chi connectivity index (χ4n) is 3.58. The van der Waals surface area contributed by atoms with Crippen molar-refractivity contribution in [3.05, 3.63) is 63.3 Å². The molecule has 1 amide bonds. The zero-order valence-corrected chi connectivity index (χ0v) is 15.8. The maximum absolute atomic E-state index is 12.5. The first-order valence-corrected chi connectivity index (χ1v) is 10.1. The maximum Gasteiger partial charge on any atom is 0.261 e. The zero-order chi connectivity index (χ0) is 18.6. The number of thiophene rings is 1. The van der Waals surface area contributed by atoms with Crippen LogP contribution in [0.5, 0.6) is 0 Å². The molecule has 6 nitrogen and oxygen atoms in total. The molecule has 4 rings (SSSR count). The Balaban J connectivity index is 1.44.